The Balaban J connectivity index is 2.58. The van der Waals surface area contributed by atoms with Gasteiger partial charge in [0, 0.05) is 30.7 Å². The van der Waals surface area contributed by atoms with Crippen molar-refractivity contribution in [3.63, 3.8) is 0 Å². The van der Waals surface area contributed by atoms with Crippen molar-refractivity contribution in [1.29, 1.82) is 0 Å². The number of amides is 1. The number of carbonyl (C=O) groups is 1. The molecule has 0 aromatic carbocycles. The summed E-state index contributed by atoms with van der Waals surface area (Å²) in [5, 5.41) is 5.85. The number of nitrogens with two attached hydrogens (primary N) is 1. The predicted octanol–water partition coefficient (Wildman–Crippen LogP) is -0.521. The second kappa shape index (κ2) is 5.18. The largest absolute Gasteiger partial charge is 0.368 e. The molecular formula is C9H14N4O. The molecule has 0 aromatic rings. The van der Waals surface area contributed by atoms with Crippen LogP contribution in [0.4, 0.5) is 0 Å². The van der Waals surface area contributed by atoms with E-state index >= 15 is 0 Å². The van der Waals surface area contributed by atoms with E-state index in [1.807, 2.05) is 0 Å². The van der Waals surface area contributed by atoms with Crippen LogP contribution >= 0.6 is 0 Å². The molecule has 0 aromatic heterocycles. The van der Waals surface area contributed by atoms with Gasteiger partial charge in [-0.1, -0.05) is 0 Å². The van der Waals surface area contributed by atoms with Gasteiger partial charge in [0.1, 0.15) is 0 Å². The predicted molar refractivity (Wildman–Crippen MR) is 55.5 cm³/mol. The number of hydrogen-bond acceptors (Lipinski definition) is 4. The number of hydrogen-bond donors (Lipinski definition) is 3. The molecule has 1 aliphatic rings. The Labute approximate surface area is 82.8 Å². The SMILES string of the molecule is CNC(CC1=CN=CC=CN1)C(N)=O. The molecule has 5 heteroatoms. The first kappa shape index (κ1) is 10.5. The quantitative estimate of drug-likeness (QED) is 0.563. The van der Waals surface area contributed by atoms with Crippen molar-refractivity contribution in [3.8, 4) is 0 Å². The van der Waals surface area contributed by atoms with Gasteiger partial charge in [-0.05, 0) is 13.1 Å². The van der Waals surface area contributed by atoms with Crippen LogP contribution in [0.3, 0.4) is 0 Å². The summed E-state index contributed by atoms with van der Waals surface area (Å²) in [5.41, 5.74) is 6.05. The van der Waals surface area contributed by atoms with Crippen molar-refractivity contribution >= 4 is 12.1 Å². The Morgan fingerprint density at radius 3 is 3.21 bits per heavy atom. The maximum atomic E-state index is 10.9. The smallest absolute Gasteiger partial charge is 0.234 e. The van der Waals surface area contributed by atoms with Gasteiger partial charge in [0.25, 0.3) is 0 Å². The fourth-order valence-electron chi connectivity index (χ4n) is 1.09. The van der Waals surface area contributed by atoms with Crippen molar-refractivity contribution < 1.29 is 4.79 Å². The minimum Gasteiger partial charge on any atom is -0.368 e. The first-order chi connectivity index (χ1) is 6.74. The Bertz CT molecular complexity index is 293. The molecule has 0 fully saturated rings. The van der Waals surface area contributed by atoms with E-state index in [0.717, 1.165) is 5.70 Å². The summed E-state index contributed by atoms with van der Waals surface area (Å²) in [6, 6.07) is -0.365. The summed E-state index contributed by atoms with van der Waals surface area (Å²) >= 11 is 0. The molecule has 0 saturated heterocycles. The zero-order valence-electron chi connectivity index (χ0n) is 8.03. The van der Waals surface area contributed by atoms with Crippen molar-refractivity contribution in [3.05, 3.63) is 24.2 Å². The zero-order valence-corrected chi connectivity index (χ0v) is 8.03. The van der Waals surface area contributed by atoms with Crippen molar-refractivity contribution in [2.45, 2.75) is 12.5 Å². The fraction of sp³-hybridized carbons (Fsp3) is 0.333. The van der Waals surface area contributed by atoms with E-state index in [4.69, 9.17) is 5.73 Å². The fourth-order valence-corrected chi connectivity index (χ4v) is 1.09. The molecule has 1 amide bonds. The molecule has 1 heterocycles. The number of nitrogens with zero attached hydrogens (tertiary/aromatic N) is 1. The van der Waals surface area contributed by atoms with Gasteiger partial charge in [-0.3, -0.25) is 9.79 Å². The summed E-state index contributed by atoms with van der Waals surface area (Å²) in [6.45, 7) is 0. The minimum absolute atomic E-state index is 0.365. The number of primary amides is 1. The molecule has 4 N–H and O–H groups in total. The van der Waals surface area contributed by atoms with Crippen LogP contribution in [0.2, 0.25) is 0 Å². The summed E-state index contributed by atoms with van der Waals surface area (Å²) in [4.78, 5) is 14.9. The van der Waals surface area contributed by atoms with E-state index in [1.54, 1.807) is 31.7 Å². The zero-order chi connectivity index (χ0) is 10.4. The van der Waals surface area contributed by atoms with Crippen LogP contribution in [-0.4, -0.2) is 25.2 Å². The third-order valence-corrected chi connectivity index (χ3v) is 1.88. The summed E-state index contributed by atoms with van der Waals surface area (Å²) in [7, 11) is 1.70. The van der Waals surface area contributed by atoms with Crippen molar-refractivity contribution in [1.82, 2.24) is 10.6 Å². The standard InChI is InChI=1S/C9H14N4O/c1-11-8(9(10)14)5-7-6-12-3-2-4-13-7/h2-4,6,8,11,13H,5H2,1H3,(H2,10,14). The van der Waals surface area contributed by atoms with Crippen molar-refractivity contribution in [2.24, 2.45) is 10.7 Å². The van der Waals surface area contributed by atoms with Crippen LogP contribution in [-0.2, 0) is 4.79 Å². The van der Waals surface area contributed by atoms with E-state index in [-0.39, 0.29) is 11.9 Å². The number of likely N-dealkylation sites (N-methyl/N-ethyl adjacent to an activating group) is 1. The Morgan fingerprint density at radius 1 is 1.79 bits per heavy atom. The highest BCUT2D eigenvalue weighted by molar-refractivity contribution is 5.80. The second-order valence-corrected chi connectivity index (χ2v) is 2.90. The lowest BCUT2D eigenvalue weighted by Crippen LogP contribution is -2.40. The molecule has 76 valence electrons. The maximum absolute atomic E-state index is 10.9. The van der Waals surface area contributed by atoms with Crippen LogP contribution in [0.5, 0.6) is 0 Å². The Morgan fingerprint density at radius 2 is 2.57 bits per heavy atom. The van der Waals surface area contributed by atoms with E-state index in [1.165, 1.54) is 0 Å². The minimum atomic E-state index is -0.368. The van der Waals surface area contributed by atoms with Gasteiger partial charge in [0.05, 0.1) is 6.04 Å². The molecule has 0 bridgehead atoms. The molecule has 14 heavy (non-hydrogen) atoms. The van der Waals surface area contributed by atoms with Gasteiger partial charge in [-0.15, -0.1) is 0 Å². The monoisotopic (exact) mass is 194 g/mol. The third kappa shape index (κ3) is 3.02. The number of nitrogens with one attached hydrogen (secondary N) is 2. The van der Waals surface area contributed by atoms with Crippen LogP contribution in [0.1, 0.15) is 6.42 Å². The highest BCUT2D eigenvalue weighted by Crippen LogP contribution is 2.03. The maximum Gasteiger partial charge on any atom is 0.234 e. The van der Waals surface area contributed by atoms with Gasteiger partial charge < -0.3 is 16.4 Å². The lowest BCUT2D eigenvalue weighted by Gasteiger charge is -2.13. The lowest BCUT2D eigenvalue weighted by molar-refractivity contribution is -0.119. The van der Waals surface area contributed by atoms with Gasteiger partial charge in [0.2, 0.25) is 5.91 Å². The van der Waals surface area contributed by atoms with E-state index in [9.17, 15) is 4.79 Å². The Kier molecular flexibility index (Phi) is 3.87. The molecule has 5 nitrogen and oxygen atoms in total. The average molecular weight is 194 g/mol. The second-order valence-electron chi connectivity index (χ2n) is 2.90. The first-order valence-corrected chi connectivity index (χ1v) is 4.34. The number of aliphatic imine (C=N–C) groups is 1. The van der Waals surface area contributed by atoms with Crippen LogP contribution in [0.25, 0.3) is 0 Å². The number of carbonyl (C=O) groups excluding carboxylic acids is 1. The number of rotatable bonds is 4. The summed E-state index contributed by atoms with van der Waals surface area (Å²) in [6.07, 6.45) is 7.39. The van der Waals surface area contributed by atoms with Crippen molar-refractivity contribution in [2.75, 3.05) is 7.05 Å². The molecule has 0 aliphatic carbocycles. The molecule has 1 rings (SSSR count). The van der Waals surface area contributed by atoms with E-state index in [0.29, 0.717) is 6.42 Å². The van der Waals surface area contributed by atoms with Crippen LogP contribution in [0, 0.1) is 0 Å². The van der Waals surface area contributed by atoms with E-state index < -0.39 is 0 Å². The van der Waals surface area contributed by atoms with Crippen LogP contribution < -0.4 is 16.4 Å². The summed E-state index contributed by atoms with van der Waals surface area (Å²) in [5.74, 6) is -0.368. The average Bonchev–Trinajstić information content (AvgIpc) is 2.41. The highest BCUT2D eigenvalue weighted by atomic mass is 16.1. The molecule has 0 spiro atoms. The molecular weight excluding hydrogens is 180 g/mol. The number of allylic oxidation sites excluding steroid dienone is 1. The highest BCUT2D eigenvalue weighted by Gasteiger charge is 2.14. The van der Waals surface area contributed by atoms with Gasteiger partial charge in [0.15, 0.2) is 0 Å². The molecule has 0 saturated carbocycles. The summed E-state index contributed by atoms with van der Waals surface area (Å²) < 4.78 is 0. The first-order valence-electron chi connectivity index (χ1n) is 4.34. The van der Waals surface area contributed by atoms with Gasteiger partial charge >= 0.3 is 0 Å². The molecule has 1 unspecified atom stereocenters. The lowest BCUT2D eigenvalue weighted by atomic mass is 10.1. The van der Waals surface area contributed by atoms with Gasteiger partial charge in [-0.25, -0.2) is 0 Å². The molecule has 0 radical (unpaired) electrons. The van der Waals surface area contributed by atoms with Crippen LogP contribution in [0.15, 0.2) is 29.2 Å². The molecule has 1 aliphatic heterocycles. The van der Waals surface area contributed by atoms with E-state index in [2.05, 4.69) is 15.6 Å². The normalized spacial score (nSPS) is 16.8. The third-order valence-electron chi connectivity index (χ3n) is 1.88. The molecule has 1 atom stereocenters. The van der Waals surface area contributed by atoms with Gasteiger partial charge in [-0.2, -0.15) is 0 Å². The Hall–Kier alpha value is -1.62. The topological polar surface area (TPSA) is 79.5 Å².